The molecule has 0 spiro atoms. The average molecular weight is 376 g/mol. The second-order valence-electron chi connectivity index (χ2n) is 6.14. The predicted molar refractivity (Wildman–Crippen MR) is 92.7 cm³/mol. The Hall–Kier alpha value is -3.07. The van der Waals surface area contributed by atoms with Gasteiger partial charge in [-0.3, -0.25) is 9.78 Å². The summed E-state index contributed by atoms with van der Waals surface area (Å²) in [6.45, 7) is 0.849. The Bertz CT molecular complexity index is 877. The minimum Gasteiger partial charge on any atom is -0.394 e. The number of amides is 3. The number of aliphatic hydroxyl groups is 1. The van der Waals surface area contributed by atoms with Crippen LogP contribution in [-0.2, 0) is 4.79 Å². The lowest BCUT2D eigenvalue weighted by Gasteiger charge is -2.35. The second-order valence-corrected chi connectivity index (χ2v) is 6.14. The zero-order valence-electron chi connectivity index (χ0n) is 14.4. The standard InChI is InChI=1S/C18H18F2N4O3/c1-10-12-4-2-3-5-14(12)23-18(27)24(10)8-16(26)22-15(9-25)17-13(20)6-11(19)7-21-17/h2-7,10,15,25H,8-9H2,1H3,(H,22,26)(H,23,27)/t10-,15-/m0/s1. The van der Waals surface area contributed by atoms with Crippen LogP contribution in [0.5, 0.6) is 0 Å². The third-order valence-corrected chi connectivity index (χ3v) is 4.38. The van der Waals surface area contributed by atoms with Crippen molar-refractivity contribution >= 4 is 17.6 Å². The molecule has 27 heavy (non-hydrogen) atoms. The predicted octanol–water partition coefficient (Wildman–Crippen LogP) is 2.12. The molecule has 1 aromatic carbocycles. The van der Waals surface area contributed by atoms with Crippen molar-refractivity contribution in [1.29, 1.82) is 0 Å². The molecule has 7 nitrogen and oxygen atoms in total. The fraction of sp³-hybridized carbons (Fsp3) is 0.278. The van der Waals surface area contributed by atoms with Crippen LogP contribution in [0.1, 0.15) is 30.3 Å². The van der Waals surface area contributed by atoms with E-state index in [9.17, 15) is 23.5 Å². The van der Waals surface area contributed by atoms with Crippen molar-refractivity contribution in [3.8, 4) is 0 Å². The van der Waals surface area contributed by atoms with Crippen LogP contribution in [0.2, 0.25) is 0 Å². The summed E-state index contributed by atoms with van der Waals surface area (Å²) in [4.78, 5) is 29.6. The number of rotatable bonds is 5. The summed E-state index contributed by atoms with van der Waals surface area (Å²) in [5.74, 6) is -2.45. The van der Waals surface area contributed by atoms with Gasteiger partial charge in [0.1, 0.15) is 23.9 Å². The molecule has 3 N–H and O–H groups in total. The van der Waals surface area contributed by atoms with Gasteiger partial charge in [-0.05, 0) is 18.6 Å². The van der Waals surface area contributed by atoms with Gasteiger partial charge in [0.25, 0.3) is 0 Å². The number of benzene rings is 1. The molecular weight excluding hydrogens is 358 g/mol. The Morgan fingerprint density at radius 2 is 2.15 bits per heavy atom. The average Bonchev–Trinajstić information content (AvgIpc) is 2.63. The number of aliphatic hydroxyl groups excluding tert-OH is 1. The SMILES string of the molecule is C[C@H]1c2ccccc2NC(=O)N1CC(=O)N[C@@H](CO)c1ncc(F)cc1F. The Morgan fingerprint density at radius 3 is 2.85 bits per heavy atom. The highest BCUT2D eigenvalue weighted by atomic mass is 19.1. The highest BCUT2D eigenvalue weighted by molar-refractivity contribution is 5.95. The number of urea groups is 1. The Kier molecular flexibility index (Phi) is 5.31. The Labute approximate surface area is 154 Å². The van der Waals surface area contributed by atoms with Gasteiger partial charge >= 0.3 is 6.03 Å². The lowest BCUT2D eigenvalue weighted by atomic mass is 10.0. The number of fused-ring (bicyclic) bond motifs is 1. The number of hydrogen-bond acceptors (Lipinski definition) is 4. The normalized spacial score (nSPS) is 17.1. The number of halogens is 2. The van der Waals surface area contributed by atoms with E-state index in [2.05, 4.69) is 15.6 Å². The van der Waals surface area contributed by atoms with Gasteiger partial charge in [-0.25, -0.2) is 13.6 Å². The zero-order valence-corrected chi connectivity index (χ0v) is 14.4. The number of carbonyl (C=O) groups excluding carboxylic acids is 2. The van der Waals surface area contributed by atoms with E-state index in [1.165, 1.54) is 4.90 Å². The van der Waals surface area contributed by atoms with Crippen LogP contribution in [0.4, 0.5) is 19.3 Å². The summed E-state index contributed by atoms with van der Waals surface area (Å²) in [5, 5.41) is 14.6. The van der Waals surface area contributed by atoms with Crippen molar-refractivity contribution in [3.63, 3.8) is 0 Å². The first-order valence-corrected chi connectivity index (χ1v) is 8.28. The van der Waals surface area contributed by atoms with E-state index >= 15 is 0 Å². The van der Waals surface area contributed by atoms with Gasteiger partial charge in [0, 0.05) is 11.8 Å². The van der Waals surface area contributed by atoms with E-state index in [1.807, 2.05) is 12.1 Å². The summed E-state index contributed by atoms with van der Waals surface area (Å²) >= 11 is 0. The van der Waals surface area contributed by atoms with Crippen LogP contribution in [0.3, 0.4) is 0 Å². The molecule has 0 saturated carbocycles. The molecule has 3 rings (SSSR count). The van der Waals surface area contributed by atoms with Crippen LogP contribution < -0.4 is 10.6 Å². The molecule has 142 valence electrons. The summed E-state index contributed by atoms with van der Waals surface area (Å²) in [7, 11) is 0. The van der Waals surface area contributed by atoms with Gasteiger partial charge in [0.05, 0.1) is 24.9 Å². The molecule has 1 aliphatic heterocycles. The zero-order chi connectivity index (χ0) is 19.6. The van der Waals surface area contributed by atoms with Crippen molar-refractivity contribution in [3.05, 3.63) is 59.4 Å². The third kappa shape index (κ3) is 3.87. The quantitative estimate of drug-likeness (QED) is 0.745. The molecular formula is C18H18F2N4O3. The highest BCUT2D eigenvalue weighted by Crippen LogP contribution is 2.32. The lowest BCUT2D eigenvalue weighted by Crippen LogP contribution is -2.47. The van der Waals surface area contributed by atoms with Crippen molar-refractivity contribution in [2.24, 2.45) is 0 Å². The maximum Gasteiger partial charge on any atom is 0.322 e. The molecule has 3 amide bonds. The van der Waals surface area contributed by atoms with Crippen molar-refractivity contribution in [1.82, 2.24) is 15.2 Å². The van der Waals surface area contributed by atoms with E-state index < -0.39 is 36.2 Å². The smallest absolute Gasteiger partial charge is 0.322 e. The fourth-order valence-electron chi connectivity index (χ4n) is 2.99. The number of nitrogens with one attached hydrogen (secondary N) is 2. The molecule has 0 radical (unpaired) electrons. The number of aromatic nitrogens is 1. The fourth-order valence-corrected chi connectivity index (χ4v) is 2.99. The molecule has 1 aliphatic rings. The molecule has 0 unspecified atom stereocenters. The van der Waals surface area contributed by atoms with Crippen LogP contribution in [0.25, 0.3) is 0 Å². The molecule has 2 aromatic rings. The Balaban J connectivity index is 1.72. The topological polar surface area (TPSA) is 94.6 Å². The number of pyridine rings is 1. The summed E-state index contributed by atoms with van der Waals surface area (Å²) in [6, 6.07) is 5.91. The second kappa shape index (κ2) is 7.67. The monoisotopic (exact) mass is 376 g/mol. The summed E-state index contributed by atoms with van der Waals surface area (Å²) < 4.78 is 26.8. The van der Waals surface area contributed by atoms with Crippen LogP contribution in [0, 0.1) is 11.6 Å². The first-order chi connectivity index (χ1) is 12.9. The molecule has 0 bridgehead atoms. The lowest BCUT2D eigenvalue weighted by molar-refractivity contribution is -0.123. The number of carbonyl (C=O) groups is 2. The number of para-hydroxylation sites is 1. The van der Waals surface area contributed by atoms with Crippen LogP contribution in [0.15, 0.2) is 36.5 Å². The molecule has 2 heterocycles. The van der Waals surface area contributed by atoms with Crippen molar-refractivity contribution < 1.29 is 23.5 Å². The highest BCUT2D eigenvalue weighted by Gasteiger charge is 2.31. The molecule has 0 fully saturated rings. The van der Waals surface area contributed by atoms with Gasteiger partial charge in [0.15, 0.2) is 0 Å². The molecule has 1 aromatic heterocycles. The van der Waals surface area contributed by atoms with E-state index in [4.69, 9.17) is 0 Å². The van der Waals surface area contributed by atoms with Gasteiger partial charge in [-0.15, -0.1) is 0 Å². The molecule has 0 aliphatic carbocycles. The molecule has 0 saturated heterocycles. The number of hydrogen-bond donors (Lipinski definition) is 3. The number of anilines is 1. The maximum absolute atomic E-state index is 13.8. The van der Waals surface area contributed by atoms with Crippen LogP contribution in [-0.4, -0.2) is 40.1 Å². The Morgan fingerprint density at radius 1 is 1.41 bits per heavy atom. The van der Waals surface area contributed by atoms with Crippen molar-refractivity contribution in [2.45, 2.75) is 19.0 Å². The van der Waals surface area contributed by atoms with Gasteiger partial charge in [0.2, 0.25) is 5.91 Å². The molecule has 9 heteroatoms. The first kappa shape index (κ1) is 18.7. The maximum atomic E-state index is 13.8. The summed E-state index contributed by atoms with van der Waals surface area (Å²) in [5.41, 5.74) is 1.25. The minimum atomic E-state index is -1.16. The van der Waals surface area contributed by atoms with Gasteiger partial charge < -0.3 is 20.6 Å². The van der Waals surface area contributed by atoms with Gasteiger partial charge in [-0.1, -0.05) is 18.2 Å². The summed E-state index contributed by atoms with van der Waals surface area (Å²) in [6.07, 6.45) is 0.796. The van der Waals surface area contributed by atoms with E-state index in [0.717, 1.165) is 11.8 Å². The minimum absolute atomic E-state index is 0.284. The van der Waals surface area contributed by atoms with E-state index in [-0.39, 0.29) is 18.3 Å². The van der Waals surface area contributed by atoms with Crippen LogP contribution >= 0.6 is 0 Å². The molecule has 2 atom stereocenters. The van der Waals surface area contributed by atoms with E-state index in [0.29, 0.717) is 11.8 Å². The third-order valence-electron chi connectivity index (χ3n) is 4.38. The first-order valence-electron chi connectivity index (χ1n) is 8.28. The van der Waals surface area contributed by atoms with E-state index in [1.54, 1.807) is 19.1 Å². The number of nitrogens with zero attached hydrogens (tertiary/aromatic N) is 2. The largest absolute Gasteiger partial charge is 0.394 e. The van der Waals surface area contributed by atoms with Crippen molar-refractivity contribution in [2.75, 3.05) is 18.5 Å². The van der Waals surface area contributed by atoms with Gasteiger partial charge in [-0.2, -0.15) is 0 Å².